The number of amides is 2. The van der Waals surface area contributed by atoms with Crippen molar-refractivity contribution < 1.29 is 14.3 Å². The molecule has 1 N–H and O–H groups in total. The van der Waals surface area contributed by atoms with Gasteiger partial charge in [0.1, 0.15) is 5.75 Å². The second-order valence-electron chi connectivity index (χ2n) is 11.0. The van der Waals surface area contributed by atoms with E-state index in [4.69, 9.17) is 4.74 Å². The summed E-state index contributed by atoms with van der Waals surface area (Å²) in [5, 5.41) is 5.32. The Bertz CT molecular complexity index is 1300. The van der Waals surface area contributed by atoms with Crippen molar-refractivity contribution in [2.45, 2.75) is 43.7 Å². The van der Waals surface area contributed by atoms with Crippen molar-refractivity contribution in [3.63, 3.8) is 0 Å². The van der Waals surface area contributed by atoms with Gasteiger partial charge in [-0.15, -0.1) is 11.3 Å². The van der Waals surface area contributed by atoms with Gasteiger partial charge in [-0.3, -0.25) is 14.5 Å². The molecule has 1 aromatic heterocycles. The summed E-state index contributed by atoms with van der Waals surface area (Å²) in [7, 11) is 1.69. The average Bonchev–Trinajstić information content (AvgIpc) is 3.73. The first-order chi connectivity index (χ1) is 19.6. The Balaban J connectivity index is 1.13. The molecule has 2 aromatic carbocycles. The maximum atomic E-state index is 14.0. The topological polar surface area (TPSA) is 65.1 Å². The molecule has 3 heterocycles. The van der Waals surface area contributed by atoms with Crippen LogP contribution in [0, 0.1) is 0 Å². The quantitative estimate of drug-likeness (QED) is 0.425. The zero-order chi connectivity index (χ0) is 27.5. The normalized spacial score (nSPS) is 21.9. The SMILES string of the molecule is COc1ccc(N2CCN(CCNC(=O)[C@H]3c4ccccc4C(=O)N(C4CCCC4)[C@@H]3c3cccs3)CC2)cc1. The lowest BCUT2D eigenvalue weighted by Crippen LogP contribution is -2.52. The molecule has 2 amide bonds. The number of piperazine rings is 1. The molecule has 2 fully saturated rings. The molecule has 210 valence electrons. The third kappa shape index (κ3) is 5.34. The summed E-state index contributed by atoms with van der Waals surface area (Å²) < 4.78 is 5.28. The van der Waals surface area contributed by atoms with E-state index in [1.165, 1.54) is 5.69 Å². The smallest absolute Gasteiger partial charge is 0.254 e. The lowest BCUT2D eigenvalue weighted by Gasteiger charge is -2.44. The van der Waals surface area contributed by atoms with Crippen LogP contribution in [0.15, 0.2) is 66.0 Å². The van der Waals surface area contributed by atoms with Crippen LogP contribution in [-0.2, 0) is 4.79 Å². The Morgan fingerprint density at radius 3 is 2.42 bits per heavy atom. The summed E-state index contributed by atoms with van der Waals surface area (Å²) in [5.74, 6) is 0.536. The molecule has 7 nitrogen and oxygen atoms in total. The van der Waals surface area contributed by atoms with Crippen molar-refractivity contribution >= 4 is 28.8 Å². The standard InChI is InChI=1S/C32H38N4O3S/c1-39-25-14-12-23(13-15-25)35-20-18-34(19-21-35)17-16-33-31(37)29-26-9-4-5-10-27(26)32(38)36(24-7-2-3-8-24)30(29)28-11-6-22-40-28/h4-6,9-15,22,24,29-30H,2-3,7-8,16-21H2,1H3,(H,33,37)/t29-,30+/m0/s1. The van der Waals surface area contributed by atoms with Crippen molar-refractivity contribution in [2.24, 2.45) is 0 Å². The first kappa shape index (κ1) is 26.8. The van der Waals surface area contributed by atoms with Gasteiger partial charge < -0.3 is 19.9 Å². The van der Waals surface area contributed by atoms with Crippen molar-refractivity contribution in [1.29, 1.82) is 0 Å². The van der Waals surface area contributed by atoms with E-state index in [2.05, 4.69) is 38.2 Å². The van der Waals surface area contributed by atoms with E-state index in [1.807, 2.05) is 47.8 Å². The molecule has 0 unspecified atom stereocenters. The van der Waals surface area contributed by atoms with E-state index in [9.17, 15) is 9.59 Å². The van der Waals surface area contributed by atoms with Crippen LogP contribution >= 0.6 is 11.3 Å². The fraction of sp³-hybridized carbons (Fsp3) is 0.438. The molecule has 6 rings (SSSR count). The van der Waals surface area contributed by atoms with E-state index >= 15 is 0 Å². The van der Waals surface area contributed by atoms with Gasteiger partial charge in [-0.2, -0.15) is 0 Å². The second kappa shape index (κ2) is 12.0. The number of carbonyl (C=O) groups excluding carboxylic acids is 2. The third-order valence-corrected chi connectivity index (χ3v) is 9.69. The van der Waals surface area contributed by atoms with E-state index in [0.717, 1.165) is 74.6 Å². The Morgan fingerprint density at radius 1 is 0.975 bits per heavy atom. The first-order valence-corrected chi connectivity index (χ1v) is 15.4. The van der Waals surface area contributed by atoms with Crippen molar-refractivity contribution in [3.8, 4) is 5.75 Å². The van der Waals surface area contributed by atoms with Crippen LogP contribution in [0.5, 0.6) is 5.75 Å². The molecule has 1 aliphatic carbocycles. The van der Waals surface area contributed by atoms with E-state index < -0.39 is 5.92 Å². The summed E-state index contributed by atoms with van der Waals surface area (Å²) in [6.45, 7) is 5.22. The summed E-state index contributed by atoms with van der Waals surface area (Å²) in [5.41, 5.74) is 2.74. The molecule has 0 radical (unpaired) electrons. The molecule has 3 aliphatic rings. The highest BCUT2D eigenvalue weighted by Crippen LogP contribution is 2.47. The molecule has 40 heavy (non-hydrogen) atoms. The number of hydrogen-bond donors (Lipinski definition) is 1. The van der Waals surface area contributed by atoms with Gasteiger partial charge in [0.15, 0.2) is 0 Å². The van der Waals surface area contributed by atoms with Gasteiger partial charge in [-0.25, -0.2) is 0 Å². The minimum atomic E-state index is -0.417. The van der Waals surface area contributed by atoms with E-state index in [-0.39, 0.29) is 23.9 Å². The second-order valence-corrected chi connectivity index (χ2v) is 12.0. The highest BCUT2D eigenvalue weighted by Gasteiger charge is 2.47. The van der Waals surface area contributed by atoms with Gasteiger partial charge in [0.2, 0.25) is 5.91 Å². The number of methoxy groups -OCH3 is 1. The van der Waals surface area contributed by atoms with Crippen LogP contribution in [0.3, 0.4) is 0 Å². The maximum Gasteiger partial charge on any atom is 0.254 e. The third-order valence-electron chi connectivity index (χ3n) is 8.75. The van der Waals surface area contributed by atoms with Gasteiger partial charge in [0.05, 0.1) is 19.1 Å². The van der Waals surface area contributed by atoms with Crippen molar-refractivity contribution in [3.05, 3.63) is 82.0 Å². The minimum absolute atomic E-state index is 0.0122. The fourth-order valence-corrected chi connectivity index (χ4v) is 7.51. The van der Waals surface area contributed by atoms with Gasteiger partial charge in [0.25, 0.3) is 5.91 Å². The monoisotopic (exact) mass is 558 g/mol. The van der Waals surface area contributed by atoms with E-state index in [1.54, 1.807) is 18.4 Å². The molecular formula is C32H38N4O3S. The number of rotatable bonds is 8. The molecular weight excluding hydrogens is 520 g/mol. The summed E-state index contributed by atoms with van der Waals surface area (Å²) >= 11 is 1.64. The molecule has 2 aliphatic heterocycles. The predicted octanol–water partition coefficient (Wildman–Crippen LogP) is 4.92. The van der Waals surface area contributed by atoms with Crippen LogP contribution < -0.4 is 15.0 Å². The minimum Gasteiger partial charge on any atom is -0.497 e. The number of nitrogens with zero attached hydrogens (tertiary/aromatic N) is 3. The summed E-state index contributed by atoms with van der Waals surface area (Å²) in [6.07, 6.45) is 4.28. The Morgan fingerprint density at radius 2 is 1.73 bits per heavy atom. The molecule has 2 atom stereocenters. The van der Waals surface area contributed by atoms with E-state index in [0.29, 0.717) is 12.1 Å². The van der Waals surface area contributed by atoms with Crippen LogP contribution in [0.25, 0.3) is 0 Å². The number of anilines is 1. The number of benzene rings is 2. The predicted molar refractivity (Wildman–Crippen MR) is 159 cm³/mol. The van der Waals surface area contributed by atoms with Crippen molar-refractivity contribution in [2.75, 3.05) is 51.3 Å². The summed E-state index contributed by atoms with van der Waals surface area (Å²) in [6, 6.07) is 20.0. The molecule has 8 heteroatoms. The highest BCUT2D eigenvalue weighted by atomic mass is 32.1. The molecule has 0 bridgehead atoms. The first-order valence-electron chi connectivity index (χ1n) is 14.5. The zero-order valence-electron chi connectivity index (χ0n) is 23.1. The number of carbonyl (C=O) groups is 2. The Labute approximate surface area is 240 Å². The van der Waals surface area contributed by atoms with Crippen molar-refractivity contribution in [1.82, 2.24) is 15.1 Å². The molecule has 3 aromatic rings. The van der Waals surface area contributed by atoms with Crippen LogP contribution in [0.1, 0.15) is 58.4 Å². The van der Waals surface area contributed by atoms with Crippen LogP contribution in [0.2, 0.25) is 0 Å². The van der Waals surface area contributed by atoms with Crippen LogP contribution in [-0.4, -0.2) is 74.0 Å². The van der Waals surface area contributed by atoms with Gasteiger partial charge in [-0.05, 0) is 60.2 Å². The number of thiophene rings is 1. The molecule has 0 spiro atoms. The Hall–Kier alpha value is -3.36. The zero-order valence-corrected chi connectivity index (χ0v) is 23.9. The van der Waals surface area contributed by atoms with Gasteiger partial charge in [-0.1, -0.05) is 37.1 Å². The van der Waals surface area contributed by atoms with Gasteiger partial charge in [0, 0.05) is 61.4 Å². The number of hydrogen-bond acceptors (Lipinski definition) is 6. The largest absolute Gasteiger partial charge is 0.497 e. The molecule has 1 saturated heterocycles. The van der Waals surface area contributed by atoms with Crippen LogP contribution in [0.4, 0.5) is 5.69 Å². The number of nitrogens with one attached hydrogen (secondary N) is 1. The van der Waals surface area contributed by atoms with Gasteiger partial charge >= 0.3 is 0 Å². The Kier molecular flexibility index (Phi) is 8.07. The number of fused-ring (bicyclic) bond motifs is 1. The fourth-order valence-electron chi connectivity index (χ4n) is 6.65. The molecule has 1 saturated carbocycles. The highest BCUT2D eigenvalue weighted by molar-refractivity contribution is 7.10. The lowest BCUT2D eigenvalue weighted by atomic mass is 9.80. The number of ether oxygens (including phenoxy) is 1. The lowest BCUT2D eigenvalue weighted by molar-refractivity contribution is -0.124. The maximum absolute atomic E-state index is 14.0. The average molecular weight is 559 g/mol. The summed E-state index contributed by atoms with van der Waals surface area (Å²) in [4.78, 5) is 35.8.